The summed E-state index contributed by atoms with van der Waals surface area (Å²) in [7, 11) is 0. The number of halogens is 2. The lowest BCUT2D eigenvalue weighted by molar-refractivity contribution is 0.302. The van der Waals surface area contributed by atoms with E-state index in [-0.39, 0.29) is 12.5 Å². The maximum Gasteiger partial charge on any atom is 0.130 e. The molecule has 0 aliphatic heterocycles. The summed E-state index contributed by atoms with van der Waals surface area (Å²) in [5, 5.41) is 3.54. The molecule has 0 aliphatic carbocycles. The number of rotatable bonds is 3. The van der Waals surface area contributed by atoms with Crippen molar-refractivity contribution in [3.05, 3.63) is 47.6 Å². The first kappa shape index (κ1) is 12.5. The summed E-state index contributed by atoms with van der Waals surface area (Å²) in [5.41, 5.74) is 1.30. The van der Waals surface area contributed by atoms with E-state index in [1.165, 1.54) is 24.6 Å². The zero-order valence-electron chi connectivity index (χ0n) is 9.32. The Labute approximate surface area is 108 Å². The second kappa shape index (κ2) is 6.08. The van der Waals surface area contributed by atoms with Crippen LogP contribution in [-0.4, -0.2) is 11.0 Å². The molecule has 0 amide bonds. The lowest BCUT2D eigenvalue weighted by atomic mass is 10.2. The second-order valence-corrected chi connectivity index (χ2v) is 3.70. The minimum absolute atomic E-state index is 0.202. The first-order valence-electron chi connectivity index (χ1n) is 5.14. The van der Waals surface area contributed by atoms with Gasteiger partial charge in [0.25, 0.3) is 0 Å². The van der Waals surface area contributed by atoms with E-state index in [0.29, 0.717) is 11.3 Å². The first-order chi connectivity index (χ1) is 8.78. The maximum absolute atomic E-state index is 13.3. The van der Waals surface area contributed by atoms with Crippen molar-refractivity contribution in [2.45, 2.75) is 6.61 Å². The van der Waals surface area contributed by atoms with Crippen LogP contribution >= 0.6 is 11.6 Å². The smallest absolute Gasteiger partial charge is 0.130 e. The van der Waals surface area contributed by atoms with Gasteiger partial charge in [-0.25, -0.2) is 4.39 Å². The lowest BCUT2D eigenvalue weighted by Gasteiger charge is -2.04. The molecule has 1 heterocycles. The Kier molecular flexibility index (Phi) is 4.21. The highest BCUT2D eigenvalue weighted by molar-refractivity contribution is 6.19. The summed E-state index contributed by atoms with van der Waals surface area (Å²) >= 11 is 5.44. The average molecular weight is 266 g/mol. The minimum atomic E-state index is -0.406. The Morgan fingerprint density at radius 2 is 2.28 bits per heavy atom. The van der Waals surface area contributed by atoms with E-state index in [0.717, 1.165) is 5.56 Å². The van der Waals surface area contributed by atoms with Crippen molar-refractivity contribution < 1.29 is 13.7 Å². The van der Waals surface area contributed by atoms with Crippen LogP contribution in [0.5, 0.6) is 5.75 Å². The number of ether oxygens (including phenoxy) is 1. The van der Waals surface area contributed by atoms with Crippen molar-refractivity contribution in [2.75, 3.05) is 5.88 Å². The quantitative estimate of drug-likeness (QED) is 0.632. The van der Waals surface area contributed by atoms with E-state index >= 15 is 0 Å². The van der Waals surface area contributed by atoms with Crippen LogP contribution in [0.1, 0.15) is 11.1 Å². The van der Waals surface area contributed by atoms with E-state index in [1.807, 2.05) is 0 Å². The number of alkyl halides is 1. The molecule has 2 rings (SSSR count). The molecule has 0 fully saturated rings. The van der Waals surface area contributed by atoms with Gasteiger partial charge in [0.15, 0.2) is 0 Å². The summed E-state index contributed by atoms with van der Waals surface area (Å²) in [6.07, 6.45) is 3.00. The molecule has 0 radical (unpaired) electrons. The molecule has 0 aliphatic rings. The average Bonchev–Trinajstić information content (AvgIpc) is 2.86. The number of hydrogen-bond acceptors (Lipinski definition) is 3. The van der Waals surface area contributed by atoms with Crippen molar-refractivity contribution in [1.29, 1.82) is 0 Å². The topological polar surface area (TPSA) is 35.3 Å². The Hall–Kier alpha value is -1.99. The van der Waals surface area contributed by atoms with Crippen LogP contribution in [0.4, 0.5) is 4.39 Å². The molecule has 0 saturated heterocycles. The van der Waals surface area contributed by atoms with Gasteiger partial charge in [0.2, 0.25) is 0 Å². The predicted octanol–water partition coefficient (Wildman–Crippen LogP) is 2.98. The second-order valence-electron chi connectivity index (χ2n) is 3.43. The van der Waals surface area contributed by atoms with Gasteiger partial charge in [-0.05, 0) is 12.1 Å². The van der Waals surface area contributed by atoms with Crippen LogP contribution in [0.3, 0.4) is 0 Å². The minimum Gasteiger partial charge on any atom is -0.489 e. The van der Waals surface area contributed by atoms with Crippen molar-refractivity contribution in [2.24, 2.45) is 0 Å². The summed E-state index contributed by atoms with van der Waals surface area (Å²) in [4.78, 5) is 0. The SMILES string of the molecule is Fc1cc(C#CCCl)cc(OCc2cnoc2)c1. The monoisotopic (exact) mass is 265 g/mol. The van der Waals surface area contributed by atoms with Crippen molar-refractivity contribution in [1.82, 2.24) is 5.16 Å². The molecular weight excluding hydrogens is 257 g/mol. The Balaban J connectivity index is 2.10. The van der Waals surface area contributed by atoms with Crippen LogP contribution in [0, 0.1) is 17.7 Å². The van der Waals surface area contributed by atoms with Gasteiger partial charge < -0.3 is 9.26 Å². The highest BCUT2D eigenvalue weighted by Gasteiger charge is 2.02. The van der Waals surface area contributed by atoms with E-state index in [9.17, 15) is 4.39 Å². The molecule has 0 bridgehead atoms. The highest BCUT2D eigenvalue weighted by atomic mass is 35.5. The highest BCUT2D eigenvalue weighted by Crippen LogP contribution is 2.17. The normalized spacial score (nSPS) is 9.67. The number of benzene rings is 1. The summed E-state index contributed by atoms with van der Waals surface area (Å²) in [5.74, 6) is 5.59. The van der Waals surface area contributed by atoms with Gasteiger partial charge in [-0.1, -0.05) is 17.0 Å². The standard InChI is InChI=1S/C13H9ClFNO2/c14-3-1-2-10-4-12(15)6-13(5-10)17-8-11-7-16-18-9-11/h4-7,9H,3,8H2. The molecular formula is C13H9ClFNO2. The first-order valence-corrected chi connectivity index (χ1v) is 5.68. The van der Waals surface area contributed by atoms with Crippen LogP contribution in [-0.2, 0) is 6.61 Å². The molecule has 1 aromatic carbocycles. The predicted molar refractivity (Wildman–Crippen MR) is 64.8 cm³/mol. The molecule has 1 aromatic heterocycles. The lowest BCUT2D eigenvalue weighted by Crippen LogP contribution is -1.95. The van der Waals surface area contributed by atoms with Gasteiger partial charge in [-0.2, -0.15) is 0 Å². The Morgan fingerprint density at radius 3 is 3.00 bits per heavy atom. The molecule has 0 unspecified atom stereocenters. The van der Waals surface area contributed by atoms with E-state index in [2.05, 4.69) is 21.5 Å². The summed E-state index contributed by atoms with van der Waals surface area (Å²) in [6.45, 7) is 0.259. The van der Waals surface area contributed by atoms with E-state index < -0.39 is 5.82 Å². The zero-order valence-corrected chi connectivity index (χ0v) is 10.1. The molecule has 0 N–H and O–H groups in total. The van der Waals surface area contributed by atoms with Crippen LogP contribution in [0.15, 0.2) is 35.2 Å². The fourth-order valence-corrected chi connectivity index (χ4v) is 1.39. The number of aromatic nitrogens is 1. The van der Waals surface area contributed by atoms with Gasteiger partial charge in [0, 0.05) is 17.2 Å². The molecule has 92 valence electrons. The third kappa shape index (κ3) is 3.51. The van der Waals surface area contributed by atoms with Crippen molar-refractivity contribution >= 4 is 11.6 Å². The van der Waals surface area contributed by atoms with Gasteiger partial charge in [0.1, 0.15) is 24.4 Å². The summed E-state index contributed by atoms with van der Waals surface area (Å²) < 4.78 is 23.4. The number of hydrogen-bond donors (Lipinski definition) is 0. The molecule has 0 atom stereocenters. The number of nitrogens with zero attached hydrogens (tertiary/aromatic N) is 1. The fourth-order valence-electron chi connectivity index (χ4n) is 1.32. The molecule has 0 spiro atoms. The zero-order chi connectivity index (χ0) is 12.8. The molecule has 0 saturated carbocycles. The van der Waals surface area contributed by atoms with Crippen LogP contribution < -0.4 is 4.74 Å². The molecule has 5 heteroatoms. The molecule has 2 aromatic rings. The van der Waals surface area contributed by atoms with Crippen molar-refractivity contribution in [3.63, 3.8) is 0 Å². The summed E-state index contributed by atoms with van der Waals surface area (Å²) in [6, 6.07) is 4.27. The fraction of sp³-hybridized carbons (Fsp3) is 0.154. The third-order valence-corrected chi connectivity index (χ3v) is 2.19. The van der Waals surface area contributed by atoms with Crippen molar-refractivity contribution in [3.8, 4) is 17.6 Å². The van der Waals surface area contributed by atoms with Gasteiger partial charge in [0.05, 0.1) is 12.1 Å². The molecule has 3 nitrogen and oxygen atoms in total. The Bertz CT molecular complexity index is 572. The molecule has 18 heavy (non-hydrogen) atoms. The maximum atomic E-state index is 13.3. The van der Waals surface area contributed by atoms with Gasteiger partial charge in [-0.3, -0.25) is 0 Å². The Morgan fingerprint density at radius 1 is 1.39 bits per heavy atom. The van der Waals surface area contributed by atoms with Crippen LogP contribution in [0.25, 0.3) is 0 Å². The van der Waals surface area contributed by atoms with Gasteiger partial charge in [-0.15, -0.1) is 11.6 Å². The van der Waals surface area contributed by atoms with E-state index in [4.69, 9.17) is 16.3 Å². The third-order valence-electron chi connectivity index (χ3n) is 2.06. The van der Waals surface area contributed by atoms with Crippen LogP contribution in [0.2, 0.25) is 0 Å². The largest absolute Gasteiger partial charge is 0.489 e. The van der Waals surface area contributed by atoms with E-state index in [1.54, 1.807) is 6.07 Å². The van der Waals surface area contributed by atoms with Gasteiger partial charge >= 0.3 is 0 Å².